The van der Waals surface area contributed by atoms with Crippen molar-refractivity contribution < 1.29 is 31.1 Å². The molecule has 152 valence electrons. The number of nitrogens with zero attached hydrogens (tertiary/aromatic N) is 1. The predicted molar refractivity (Wildman–Crippen MR) is 93.6 cm³/mol. The van der Waals surface area contributed by atoms with Gasteiger partial charge < -0.3 is 10.1 Å². The SMILES string of the molecule is C[C@@H]1C[C@@H](C)CN(S(=O)(=O)c2ccc(NC(=O)COCC(F)(F)F)cc2)C1. The van der Waals surface area contributed by atoms with Crippen LogP contribution >= 0.6 is 0 Å². The minimum absolute atomic E-state index is 0.107. The van der Waals surface area contributed by atoms with E-state index in [1.54, 1.807) is 0 Å². The minimum Gasteiger partial charge on any atom is -0.362 e. The van der Waals surface area contributed by atoms with Gasteiger partial charge in [0, 0.05) is 18.8 Å². The molecule has 1 saturated heterocycles. The number of piperidine rings is 1. The van der Waals surface area contributed by atoms with Gasteiger partial charge in [-0.05, 0) is 42.5 Å². The van der Waals surface area contributed by atoms with Crippen LogP contribution in [0.5, 0.6) is 0 Å². The second kappa shape index (κ2) is 8.57. The largest absolute Gasteiger partial charge is 0.411 e. The normalized spacial score (nSPS) is 21.8. The lowest BCUT2D eigenvalue weighted by Gasteiger charge is -2.34. The molecule has 0 bridgehead atoms. The Bertz CT molecular complexity index is 740. The van der Waals surface area contributed by atoms with Crippen molar-refractivity contribution in [2.45, 2.75) is 31.3 Å². The highest BCUT2D eigenvalue weighted by atomic mass is 32.2. The predicted octanol–water partition coefficient (Wildman–Crippen LogP) is 2.87. The third-order valence-electron chi connectivity index (χ3n) is 4.11. The fourth-order valence-corrected chi connectivity index (χ4v) is 4.80. The van der Waals surface area contributed by atoms with E-state index in [0.29, 0.717) is 13.1 Å². The monoisotopic (exact) mass is 408 g/mol. The van der Waals surface area contributed by atoms with E-state index < -0.39 is 35.3 Å². The number of hydrogen-bond acceptors (Lipinski definition) is 4. The molecule has 0 aliphatic carbocycles. The van der Waals surface area contributed by atoms with Crippen LogP contribution in [0.15, 0.2) is 29.2 Å². The summed E-state index contributed by atoms with van der Waals surface area (Å²) in [5, 5.41) is 2.36. The van der Waals surface area contributed by atoms with Gasteiger partial charge in [0.05, 0.1) is 4.90 Å². The van der Waals surface area contributed by atoms with Gasteiger partial charge in [0.2, 0.25) is 15.9 Å². The fourth-order valence-electron chi connectivity index (χ4n) is 3.12. The number of amides is 1. The van der Waals surface area contributed by atoms with Gasteiger partial charge in [-0.2, -0.15) is 17.5 Å². The highest BCUT2D eigenvalue weighted by Crippen LogP contribution is 2.27. The van der Waals surface area contributed by atoms with E-state index in [-0.39, 0.29) is 22.4 Å². The van der Waals surface area contributed by atoms with E-state index in [4.69, 9.17) is 0 Å². The number of sulfonamides is 1. The molecule has 27 heavy (non-hydrogen) atoms. The quantitative estimate of drug-likeness (QED) is 0.785. The maximum Gasteiger partial charge on any atom is 0.411 e. The molecule has 6 nitrogen and oxygen atoms in total. The average molecular weight is 408 g/mol. The zero-order valence-corrected chi connectivity index (χ0v) is 15.9. The Morgan fingerprint density at radius 3 is 2.26 bits per heavy atom. The van der Waals surface area contributed by atoms with Crippen molar-refractivity contribution in [3.8, 4) is 0 Å². The van der Waals surface area contributed by atoms with Gasteiger partial charge in [0.1, 0.15) is 13.2 Å². The zero-order chi connectivity index (χ0) is 20.2. The van der Waals surface area contributed by atoms with Gasteiger partial charge in [-0.25, -0.2) is 8.42 Å². The number of anilines is 1. The number of ether oxygens (including phenoxy) is 1. The molecule has 1 heterocycles. The van der Waals surface area contributed by atoms with Crippen LogP contribution < -0.4 is 5.32 Å². The standard InChI is InChI=1S/C17H23F3N2O4S/c1-12-7-13(2)9-22(8-12)27(24,25)15-5-3-14(4-6-15)21-16(23)10-26-11-17(18,19)20/h3-6,12-13H,7-11H2,1-2H3,(H,21,23)/t12-,13-/m1/s1. The molecule has 2 rings (SSSR count). The van der Waals surface area contributed by atoms with Crippen molar-refractivity contribution >= 4 is 21.6 Å². The van der Waals surface area contributed by atoms with Crippen molar-refractivity contribution in [1.82, 2.24) is 4.31 Å². The molecule has 1 fully saturated rings. The number of hydrogen-bond donors (Lipinski definition) is 1. The van der Waals surface area contributed by atoms with Crippen molar-refractivity contribution in [1.29, 1.82) is 0 Å². The lowest BCUT2D eigenvalue weighted by molar-refractivity contribution is -0.174. The molecule has 10 heteroatoms. The summed E-state index contributed by atoms with van der Waals surface area (Å²) in [7, 11) is -3.63. The Morgan fingerprint density at radius 1 is 1.19 bits per heavy atom. The number of rotatable bonds is 6. The molecule has 0 radical (unpaired) electrons. The summed E-state index contributed by atoms with van der Waals surface area (Å²) in [6.07, 6.45) is -3.52. The van der Waals surface area contributed by atoms with Crippen LogP contribution in [0, 0.1) is 11.8 Å². The molecule has 0 spiro atoms. The molecule has 1 N–H and O–H groups in total. The Hall–Kier alpha value is -1.65. The third kappa shape index (κ3) is 6.47. The van der Waals surface area contributed by atoms with Crippen molar-refractivity contribution in [3.05, 3.63) is 24.3 Å². The summed E-state index contributed by atoms with van der Waals surface area (Å²) in [6, 6.07) is 5.52. The van der Waals surface area contributed by atoms with Crippen molar-refractivity contribution in [2.75, 3.05) is 31.6 Å². The second-order valence-corrected chi connectivity index (χ2v) is 8.89. The van der Waals surface area contributed by atoms with Gasteiger partial charge in [-0.3, -0.25) is 4.79 Å². The van der Waals surface area contributed by atoms with Gasteiger partial charge in [-0.15, -0.1) is 0 Å². The first-order valence-corrected chi connectivity index (χ1v) is 9.96. The summed E-state index contributed by atoms with van der Waals surface area (Å²) in [5.41, 5.74) is 0.273. The highest BCUT2D eigenvalue weighted by Gasteiger charge is 2.31. The molecule has 2 atom stereocenters. The molecule has 0 unspecified atom stereocenters. The van der Waals surface area contributed by atoms with Crippen LogP contribution in [0.3, 0.4) is 0 Å². The number of carbonyl (C=O) groups is 1. The Labute approximate surface area is 156 Å². The van der Waals surface area contributed by atoms with Gasteiger partial charge in [-0.1, -0.05) is 13.8 Å². The van der Waals surface area contributed by atoms with E-state index in [0.717, 1.165) is 6.42 Å². The Kier molecular flexibility index (Phi) is 6.87. The summed E-state index contributed by atoms with van der Waals surface area (Å²) in [6.45, 7) is 2.69. The van der Waals surface area contributed by atoms with Crippen LogP contribution in [-0.2, 0) is 19.6 Å². The van der Waals surface area contributed by atoms with E-state index >= 15 is 0 Å². The van der Waals surface area contributed by atoms with E-state index in [1.165, 1.54) is 28.6 Å². The number of benzene rings is 1. The van der Waals surface area contributed by atoms with Crippen LogP contribution in [0.4, 0.5) is 18.9 Å². The number of alkyl halides is 3. The summed E-state index contributed by atoms with van der Waals surface area (Å²) >= 11 is 0. The molecule has 0 aromatic heterocycles. The summed E-state index contributed by atoms with van der Waals surface area (Å²) in [4.78, 5) is 11.7. The second-order valence-electron chi connectivity index (χ2n) is 6.95. The first-order valence-electron chi connectivity index (χ1n) is 8.52. The molecular formula is C17H23F3N2O4S. The molecular weight excluding hydrogens is 385 g/mol. The lowest BCUT2D eigenvalue weighted by atomic mass is 9.94. The average Bonchev–Trinajstić information content (AvgIpc) is 2.53. The van der Waals surface area contributed by atoms with Crippen molar-refractivity contribution in [3.63, 3.8) is 0 Å². The lowest BCUT2D eigenvalue weighted by Crippen LogP contribution is -2.42. The van der Waals surface area contributed by atoms with Crippen LogP contribution in [0.25, 0.3) is 0 Å². The number of nitrogens with one attached hydrogen (secondary N) is 1. The molecule has 1 amide bonds. The number of carbonyl (C=O) groups excluding carboxylic acids is 1. The molecule has 1 aromatic rings. The molecule has 1 aliphatic rings. The van der Waals surface area contributed by atoms with Gasteiger partial charge in [0.15, 0.2) is 0 Å². The van der Waals surface area contributed by atoms with Crippen molar-refractivity contribution in [2.24, 2.45) is 11.8 Å². The Balaban J connectivity index is 1.97. The minimum atomic E-state index is -4.50. The van der Waals surface area contributed by atoms with Gasteiger partial charge in [0.25, 0.3) is 0 Å². The highest BCUT2D eigenvalue weighted by molar-refractivity contribution is 7.89. The summed E-state index contributed by atoms with van der Waals surface area (Å²) < 4.78 is 67.2. The molecule has 1 aliphatic heterocycles. The first kappa shape index (κ1) is 21.6. The maximum absolute atomic E-state index is 12.8. The smallest absolute Gasteiger partial charge is 0.362 e. The third-order valence-corrected chi connectivity index (χ3v) is 5.96. The topological polar surface area (TPSA) is 75.7 Å². The maximum atomic E-state index is 12.8. The van der Waals surface area contributed by atoms with Gasteiger partial charge >= 0.3 is 6.18 Å². The molecule has 1 aromatic carbocycles. The molecule has 0 saturated carbocycles. The van der Waals surface area contributed by atoms with E-state index in [2.05, 4.69) is 10.1 Å². The van der Waals surface area contributed by atoms with Crippen LogP contribution in [0.1, 0.15) is 20.3 Å². The Morgan fingerprint density at radius 2 is 1.74 bits per heavy atom. The van der Waals surface area contributed by atoms with E-state index in [1.807, 2.05) is 13.8 Å². The fraction of sp³-hybridized carbons (Fsp3) is 0.588. The first-order chi connectivity index (χ1) is 12.5. The van der Waals surface area contributed by atoms with Crippen LogP contribution in [0.2, 0.25) is 0 Å². The van der Waals surface area contributed by atoms with E-state index in [9.17, 15) is 26.4 Å². The van der Waals surface area contributed by atoms with Crippen LogP contribution in [-0.4, -0.2) is 51.1 Å². The zero-order valence-electron chi connectivity index (χ0n) is 15.1. The number of halogens is 3. The summed E-state index contributed by atoms with van der Waals surface area (Å²) in [5.74, 6) is -0.203.